The molecule has 0 fully saturated rings. The maximum Gasteiger partial charge on any atom is 0.261 e. The van der Waals surface area contributed by atoms with Crippen LogP contribution in [0.25, 0.3) is 0 Å². The summed E-state index contributed by atoms with van der Waals surface area (Å²) in [4.78, 5) is 0.301. The summed E-state index contributed by atoms with van der Waals surface area (Å²) in [5.74, 6) is 0. The molecule has 3 nitrogen and oxygen atoms in total. The van der Waals surface area contributed by atoms with E-state index in [0.717, 1.165) is 16.8 Å². The molecule has 0 spiro atoms. The van der Waals surface area contributed by atoms with Crippen molar-refractivity contribution in [3.8, 4) is 0 Å². The standard InChI is InChI=1S/C19H31NO2SSi/c1-14(2)19(13-16(4)17(5)24(6,7)8)20-23(21,22)18-11-9-15(3)10-12-18/h9-12,20H,13H2,1-8H3/b17-16+. The molecule has 0 atom stereocenters. The van der Waals surface area contributed by atoms with Gasteiger partial charge in [0.2, 0.25) is 0 Å². The molecule has 134 valence electrons. The Balaban J connectivity index is 3.12. The number of allylic oxidation sites excluding steroid dienone is 3. The number of aryl methyl sites for hydroxylation is 1. The average molecular weight is 366 g/mol. The van der Waals surface area contributed by atoms with Crippen LogP contribution in [0.15, 0.2) is 51.2 Å². The Hall–Kier alpha value is -1.33. The van der Waals surface area contributed by atoms with Gasteiger partial charge in [-0.2, -0.15) is 0 Å². The molecule has 0 radical (unpaired) electrons. The number of hydrogen-bond acceptors (Lipinski definition) is 2. The predicted octanol–water partition coefficient (Wildman–Crippen LogP) is 5.17. The van der Waals surface area contributed by atoms with E-state index < -0.39 is 18.1 Å². The highest BCUT2D eigenvalue weighted by atomic mass is 32.2. The Morgan fingerprint density at radius 3 is 1.92 bits per heavy atom. The monoisotopic (exact) mass is 365 g/mol. The molecule has 0 aliphatic heterocycles. The lowest BCUT2D eigenvalue weighted by Gasteiger charge is -2.22. The molecule has 0 aliphatic carbocycles. The number of rotatable bonds is 6. The van der Waals surface area contributed by atoms with Crippen molar-refractivity contribution in [2.24, 2.45) is 0 Å². The van der Waals surface area contributed by atoms with Gasteiger partial charge in [-0.15, -0.1) is 0 Å². The van der Waals surface area contributed by atoms with Gasteiger partial charge in [0.25, 0.3) is 10.0 Å². The fourth-order valence-corrected chi connectivity index (χ4v) is 4.87. The second-order valence-corrected chi connectivity index (χ2v) is 14.7. The molecular weight excluding hydrogens is 334 g/mol. The molecule has 0 heterocycles. The highest BCUT2D eigenvalue weighted by molar-refractivity contribution is 7.89. The van der Waals surface area contributed by atoms with Crippen molar-refractivity contribution in [2.45, 2.75) is 65.6 Å². The lowest BCUT2D eigenvalue weighted by Crippen LogP contribution is -2.26. The molecule has 0 unspecified atom stereocenters. The maximum atomic E-state index is 12.7. The molecule has 5 heteroatoms. The zero-order valence-electron chi connectivity index (χ0n) is 16.2. The third-order valence-electron chi connectivity index (χ3n) is 4.40. The third-order valence-corrected chi connectivity index (χ3v) is 8.48. The minimum absolute atomic E-state index is 0.301. The Morgan fingerprint density at radius 2 is 1.50 bits per heavy atom. The molecule has 1 aromatic rings. The van der Waals surface area contributed by atoms with Gasteiger partial charge in [0, 0.05) is 12.1 Å². The number of hydrogen-bond donors (Lipinski definition) is 1. The minimum Gasteiger partial charge on any atom is -0.283 e. The Kier molecular flexibility index (Phi) is 6.65. The summed E-state index contributed by atoms with van der Waals surface area (Å²) in [5.41, 5.74) is 4.07. The molecule has 0 saturated carbocycles. The lowest BCUT2D eigenvalue weighted by molar-refractivity contribution is 0.587. The quantitative estimate of drug-likeness (QED) is 0.707. The van der Waals surface area contributed by atoms with Crippen LogP contribution in [0.3, 0.4) is 0 Å². The van der Waals surface area contributed by atoms with E-state index in [2.05, 4.69) is 38.2 Å². The zero-order valence-corrected chi connectivity index (χ0v) is 18.1. The summed E-state index contributed by atoms with van der Waals surface area (Å²) in [5, 5.41) is 1.43. The second-order valence-electron chi connectivity index (χ2n) is 7.73. The van der Waals surface area contributed by atoms with E-state index in [9.17, 15) is 8.42 Å². The Morgan fingerprint density at radius 1 is 1.00 bits per heavy atom. The van der Waals surface area contributed by atoms with Crippen LogP contribution in [-0.2, 0) is 10.0 Å². The second kappa shape index (κ2) is 7.70. The van der Waals surface area contributed by atoms with E-state index in [1.54, 1.807) is 12.1 Å². The molecule has 0 amide bonds. The largest absolute Gasteiger partial charge is 0.283 e. The van der Waals surface area contributed by atoms with E-state index in [0.29, 0.717) is 11.3 Å². The lowest BCUT2D eigenvalue weighted by atomic mass is 10.1. The van der Waals surface area contributed by atoms with Crippen LogP contribution in [0.1, 0.15) is 39.7 Å². The summed E-state index contributed by atoms with van der Waals surface area (Å²) >= 11 is 0. The first-order valence-electron chi connectivity index (χ1n) is 8.27. The summed E-state index contributed by atoms with van der Waals surface area (Å²) in [7, 11) is -4.92. The van der Waals surface area contributed by atoms with Crippen molar-refractivity contribution in [1.29, 1.82) is 0 Å². The molecular formula is C19H31NO2SSi. The number of benzene rings is 1. The minimum atomic E-state index is -3.55. The molecule has 1 N–H and O–H groups in total. The molecule has 0 bridgehead atoms. The Bertz CT molecular complexity index is 748. The van der Waals surface area contributed by atoms with E-state index in [4.69, 9.17) is 0 Å². The summed E-state index contributed by atoms with van der Waals surface area (Å²) in [6, 6.07) is 6.93. The molecule has 0 aliphatic rings. The smallest absolute Gasteiger partial charge is 0.261 e. The van der Waals surface area contributed by atoms with E-state index in [-0.39, 0.29) is 0 Å². The van der Waals surface area contributed by atoms with Gasteiger partial charge in [-0.3, -0.25) is 4.72 Å². The van der Waals surface area contributed by atoms with Crippen molar-refractivity contribution in [3.05, 3.63) is 51.9 Å². The van der Waals surface area contributed by atoms with Crippen LogP contribution in [0.4, 0.5) is 0 Å². The molecule has 1 rings (SSSR count). The molecule has 24 heavy (non-hydrogen) atoms. The molecule has 1 aromatic carbocycles. The van der Waals surface area contributed by atoms with Gasteiger partial charge >= 0.3 is 0 Å². The van der Waals surface area contributed by atoms with Crippen LogP contribution in [0.5, 0.6) is 0 Å². The van der Waals surface area contributed by atoms with Gasteiger partial charge in [-0.25, -0.2) is 8.42 Å². The number of sulfonamides is 1. The summed E-state index contributed by atoms with van der Waals surface area (Å²) < 4.78 is 28.1. The van der Waals surface area contributed by atoms with Gasteiger partial charge in [0.1, 0.15) is 0 Å². The van der Waals surface area contributed by atoms with Gasteiger partial charge < -0.3 is 0 Å². The predicted molar refractivity (Wildman–Crippen MR) is 106 cm³/mol. The van der Waals surface area contributed by atoms with Crippen molar-refractivity contribution in [2.75, 3.05) is 0 Å². The van der Waals surface area contributed by atoms with Crippen LogP contribution < -0.4 is 4.72 Å². The van der Waals surface area contributed by atoms with Crippen LogP contribution in [0.2, 0.25) is 19.6 Å². The van der Waals surface area contributed by atoms with Crippen molar-refractivity contribution >= 4 is 18.1 Å². The average Bonchev–Trinajstić information content (AvgIpc) is 2.44. The highest BCUT2D eigenvalue weighted by Crippen LogP contribution is 2.24. The van der Waals surface area contributed by atoms with Crippen LogP contribution >= 0.6 is 0 Å². The van der Waals surface area contributed by atoms with Gasteiger partial charge in [0.05, 0.1) is 13.0 Å². The van der Waals surface area contributed by atoms with E-state index in [1.165, 1.54) is 10.8 Å². The summed E-state index contributed by atoms with van der Waals surface area (Å²) in [6.45, 7) is 17.1. The topological polar surface area (TPSA) is 46.2 Å². The zero-order chi connectivity index (χ0) is 18.7. The highest BCUT2D eigenvalue weighted by Gasteiger charge is 2.20. The first-order valence-corrected chi connectivity index (χ1v) is 13.3. The van der Waals surface area contributed by atoms with Crippen molar-refractivity contribution in [3.63, 3.8) is 0 Å². The van der Waals surface area contributed by atoms with Crippen LogP contribution in [0, 0.1) is 6.92 Å². The van der Waals surface area contributed by atoms with Gasteiger partial charge in [-0.1, -0.05) is 53.7 Å². The Labute approximate surface area is 148 Å². The maximum absolute atomic E-state index is 12.7. The SMILES string of the molecule is CC(C)=C(C/C(C)=C(\C)[Si](C)(C)C)NS(=O)(=O)c1ccc(C)cc1. The van der Waals surface area contributed by atoms with E-state index in [1.807, 2.05) is 32.9 Å². The molecule has 0 aromatic heterocycles. The fourth-order valence-electron chi connectivity index (χ4n) is 2.29. The van der Waals surface area contributed by atoms with Gasteiger partial charge in [-0.05, 0) is 46.8 Å². The van der Waals surface area contributed by atoms with E-state index >= 15 is 0 Å². The van der Waals surface area contributed by atoms with Gasteiger partial charge in [0.15, 0.2) is 0 Å². The normalized spacial score (nSPS) is 13.3. The van der Waals surface area contributed by atoms with Crippen molar-refractivity contribution < 1.29 is 8.42 Å². The summed E-state index contributed by atoms with van der Waals surface area (Å²) in [6.07, 6.45) is 0.642. The molecule has 0 saturated heterocycles. The van der Waals surface area contributed by atoms with Crippen molar-refractivity contribution in [1.82, 2.24) is 4.72 Å². The van der Waals surface area contributed by atoms with Crippen LogP contribution in [-0.4, -0.2) is 16.5 Å². The number of nitrogens with one attached hydrogen (secondary N) is 1. The fraction of sp³-hybridized carbons (Fsp3) is 0.474. The third kappa shape index (κ3) is 5.63. The first-order chi connectivity index (χ1) is 10.8. The first kappa shape index (κ1) is 20.7.